The van der Waals surface area contributed by atoms with Gasteiger partial charge < -0.3 is 15.6 Å². The standard InChI is InChI=1S/C17H14FN5O2/c18-12-6-11(5-9-1-2-14(24)22-15(9)12)16(25)23-4-3-10-7-20-17(19)21-13(10)8-23/h1-2,5-7H,3-4,8H2,(H,22,24)(H2,19,20,21). The van der Waals surface area contributed by atoms with E-state index in [0.29, 0.717) is 30.6 Å². The lowest BCUT2D eigenvalue weighted by Crippen LogP contribution is -2.36. The Hall–Kier alpha value is -3.29. The third kappa shape index (κ3) is 2.71. The van der Waals surface area contributed by atoms with Crippen LogP contribution in [0.25, 0.3) is 10.9 Å². The van der Waals surface area contributed by atoms with Gasteiger partial charge in [-0.2, -0.15) is 0 Å². The van der Waals surface area contributed by atoms with Crippen LogP contribution >= 0.6 is 0 Å². The molecule has 4 rings (SSSR count). The topological polar surface area (TPSA) is 105 Å². The van der Waals surface area contributed by atoms with Crippen LogP contribution in [0.15, 0.2) is 35.3 Å². The zero-order chi connectivity index (χ0) is 17.6. The lowest BCUT2D eigenvalue weighted by atomic mass is 10.0. The second kappa shape index (κ2) is 5.66. The van der Waals surface area contributed by atoms with Gasteiger partial charge in [-0.25, -0.2) is 14.4 Å². The van der Waals surface area contributed by atoms with Crippen LogP contribution in [0.2, 0.25) is 0 Å². The van der Waals surface area contributed by atoms with Crippen molar-refractivity contribution in [1.29, 1.82) is 0 Å². The molecule has 7 nitrogen and oxygen atoms in total. The molecule has 1 amide bonds. The molecule has 25 heavy (non-hydrogen) atoms. The van der Waals surface area contributed by atoms with E-state index in [1.54, 1.807) is 17.2 Å². The van der Waals surface area contributed by atoms with E-state index >= 15 is 0 Å². The van der Waals surface area contributed by atoms with E-state index in [1.165, 1.54) is 12.1 Å². The molecule has 1 aliphatic rings. The van der Waals surface area contributed by atoms with E-state index in [2.05, 4.69) is 15.0 Å². The molecule has 0 fully saturated rings. The largest absolute Gasteiger partial charge is 0.368 e. The molecule has 126 valence electrons. The van der Waals surface area contributed by atoms with Gasteiger partial charge in [0.15, 0.2) is 0 Å². The van der Waals surface area contributed by atoms with Gasteiger partial charge in [0, 0.05) is 29.8 Å². The number of carbonyl (C=O) groups excluding carboxylic acids is 1. The number of hydrogen-bond acceptors (Lipinski definition) is 5. The van der Waals surface area contributed by atoms with Crippen molar-refractivity contribution in [2.45, 2.75) is 13.0 Å². The number of rotatable bonds is 1. The van der Waals surface area contributed by atoms with Gasteiger partial charge in [0.05, 0.1) is 17.8 Å². The number of nitrogens with two attached hydrogens (primary N) is 1. The summed E-state index contributed by atoms with van der Waals surface area (Å²) in [6, 6.07) is 5.51. The van der Waals surface area contributed by atoms with E-state index in [0.717, 1.165) is 11.6 Å². The molecule has 0 atom stereocenters. The first-order valence-electron chi connectivity index (χ1n) is 7.73. The summed E-state index contributed by atoms with van der Waals surface area (Å²) in [7, 11) is 0. The van der Waals surface area contributed by atoms with E-state index in [-0.39, 0.29) is 22.9 Å². The first-order chi connectivity index (χ1) is 12.0. The Morgan fingerprint density at radius 3 is 3.00 bits per heavy atom. The van der Waals surface area contributed by atoms with Gasteiger partial charge in [0.25, 0.3) is 5.91 Å². The molecule has 3 aromatic rings. The van der Waals surface area contributed by atoms with Gasteiger partial charge in [-0.05, 0) is 30.2 Å². The molecular formula is C17H14FN5O2. The number of anilines is 1. The van der Waals surface area contributed by atoms with Crippen molar-refractivity contribution in [2.24, 2.45) is 0 Å². The molecule has 0 unspecified atom stereocenters. The van der Waals surface area contributed by atoms with Crippen LogP contribution in [-0.2, 0) is 13.0 Å². The lowest BCUT2D eigenvalue weighted by molar-refractivity contribution is 0.0731. The molecule has 8 heteroatoms. The van der Waals surface area contributed by atoms with Crippen LogP contribution in [-0.4, -0.2) is 32.3 Å². The second-order valence-corrected chi connectivity index (χ2v) is 5.92. The number of nitrogens with one attached hydrogen (secondary N) is 1. The molecule has 0 saturated heterocycles. The zero-order valence-electron chi connectivity index (χ0n) is 13.1. The Labute approximate surface area is 141 Å². The number of pyridine rings is 1. The van der Waals surface area contributed by atoms with Crippen LogP contribution in [0, 0.1) is 5.82 Å². The third-order valence-electron chi connectivity index (χ3n) is 4.28. The fourth-order valence-electron chi connectivity index (χ4n) is 3.02. The molecule has 3 heterocycles. The first-order valence-corrected chi connectivity index (χ1v) is 7.73. The van der Waals surface area contributed by atoms with Gasteiger partial charge in [0.2, 0.25) is 11.5 Å². The number of hydrogen-bond donors (Lipinski definition) is 2. The highest BCUT2D eigenvalue weighted by Gasteiger charge is 2.24. The Morgan fingerprint density at radius 2 is 2.16 bits per heavy atom. The van der Waals surface area contributed by atoms with Gasteiger partial charge in [-0.15, -0.1) is 0 Å². The molecule has 0 bridgehead atoms. The number of H-pyrrole nitrogens is 1. The van der Waals surface area contributed by atoms with E-state index < -0.39 is 11.4 Å². The predicted octanol–water partition coefficient (Wildman–Crippen LogP) is 1.24. The van der Waals surface area contributed by atoms with Crippen molar-refractivity contribution >= 4 is 22.8 Å². The number of carbonyl (C=O) groups is 1. The lowest BCUT2D eigenvalue weighted by Gasteiger charge is -2.28. The minimum absolute atomic E-state index is 0.0913. The van der Waals surface area contributed by atoms with Crippen LogP contribution in [0.4, 0.5) is 10.3 Å². The monoisotopic (exact) mass is 339 g/mol. The molecule has 0 aliphatic carbocycles. The smallest absolute Gasteiger partial charge is 0.254 e. The van der Waals surface area contributed by atoms with Crippen LogP contribution < -0.4 is 11.3 Å². The SMILES string of the molecule is Nc1ncc2c(n1)CN(C(=O)c1cc(F)c3[nH]c(=O)ccc3c1)CC2. The number of amides is 1. The molecule has 0 saturated carbocycles. The zero-order valence-corrected chi connectivity index (χ0v) is 13.1. The Balaban J connectivity index is 1.68. The predicted molar refractivity (Wildman–Crippen MR) is 89.4 cm³/mol. The fourth-order valence-corrected chi connectivity index (χ4v) is 3.02. The summed E-state index contributed by atoms with van der Waals surface area (Å²) in [6.07, 6.45) is 2.29. The molecule has 1 aliphatic heterocycles. The quantitative estimate of drug-likeness (QED) is 0.694. The number of aromatic amines is 1. The summed E-state index contributed by atoms with van der Waals surface area (Å²) >= 11 is 0. The van der Waals surface area contributed by atoms with Gasteiger partial charge >= 0.3 is 0 Å². The number of halogens is 1. The maximum absolute atomic E-state index is 14.3. The van der Waals surface area contributed by atoms with Crippen LogP contribution in [0.1, 0.15) is 21.6 Å². The van der Waals surface area contributed by atoms with Crippen molar-refractivity contribution in [3.8, 4) is 0 Å². The summed E-state index contributed by atoms with van der Waals surface area (Å²) in [5.74, 6) is -0.772. The maximum atomic E-state index is 14.3. The van der Waals surface area contributed by atoms with Gasteiger partial charge in [-0.1, -0.05) is 0 Å². The highest BCUT2D eigenvalue weighted by atomic mass is 19.1. The van der Waals surface area contributed by atoms with Crippen molar-refractivity contribution in [2.75, 3.05) is 12.3 Å². The normalized spacial score (nSPS) is 13.7. The molecule has 0 radical (unpaired) electrons. The van der Waals surface area contributed by atoms with E-state index in [1.807, 2.05) is 0 Å². The van der Waals surface area contributed by atoms with Crippen LogP contribution in [0.3, 0.4) is 0 Å². The summed E-state index contributed by atoms with van der Waals surface area (Å²) in [5, 5.41) is 0.465. The van der Waals surface area contributed by atoms with E-state index in [4.69, 9.17) is 5.73 Å². The number of nitrogen functional groups attached to an aromatic ring is 1. The summed E-state index contributed by atoms with van der Waals surface area (Å²) in [4.78, 5) is 36.3. The highest BCUT2D eigenvalue weighted by molar-refractivity contribution is 5.98. The number of benzene rings is 1. The van der Waals surface area contributed by atoms with E-state index in [9.17, 15) is 14.0 Å². The fraction of sp³-hybridized carbons (Fsp3) is 0.176. The molecule has 0 spiro atoms. The molecule has 3 N–H and O–H groups in total. The maximum Gasteiger partial charge on any atom is 0.254 e. The van der Waals surface area contributed by atoms with Crippen molar-refractivity contribution in [3.05, 3.63) is 63.5 Å². The number of aromatic nitrogens is 3. The molecular weight excluding hydrogens is 325 g/mol. The Bertz CT molecular complexity index is 1060. The van der Waals surface area contributed by atoms with Crippen LogP contribution in [0.5, 0.6) is 0 Å². The highest BCUT2D eigenvalue weighted by Crippen LogP contribution is 2.22. The summed E-state index contributed by atoms with van der Waals surface area (Å²) in [6.45, 7) is 0.788. The van der Waals surface area contributed by atoms with Crippen molar-refractivity contribution < 1.29 is 9.18 Å². The second-order valence-electron chi connectivity index (χ2n) is 5.92. The Kier molecular flexibility index (Phi) is 3.45. The third-order valence-corrected chi connectivity index (χ3v) is 4.28. The molecule has 1 aromatic carbocycles. The minimum Gasteiger partial charge on any atom is -0.368 e. The Morgan fingerprint density at radius 1 is 1.32 bits per heavy atom. The van der Waals surface area contributed by atoms with Crippen molar-refractivity contribution in [3.63, 3.8) is 0 Å². The molecule has 2 aromatic heterocycles. The average molecular weight is 339 g/mol. The summed E-state index contributed by atoms with van der Waals surface area (Å²) in [5.41, 5.74) is 7.19. The first kappa shape index (κ1) is 15.3. The number of fused-ring (bicyclic) bond motifs is 2. The van der Waals surface area contributed by atoms with Gasteiger partial charge in [-0.3, -0.25) is 9.59 Å². The van der Waals surface area contributed by atoms with Gasteiger partial charge in [0.1, 0.15) is 5.82 Å². The summed E-state index contributed by atoms with van der Waals surface area (Å²) < 4.78 is 14.3. The number of nitrogens with zero attached hydrogens (tertiary/aromatic N) is 3. The minimum atomic E-state index is -0.637. The average Bonchev–Trinajstić information content (AvgIpc) is 2.61. The van der Waals surface area contributed by atoms with Crippen molar-refractivity contribution in [1.82, 2.24) is 19.9 Å².